The molecule has 0 amide bonds. The van der Waals surface area contributed by atoms with E-state index in [2.05, 4.69) is 0 Å². The van der Waals surface area contributed by atoms with Crippen molar-refractivity contribution in [2.24, 2.45) is 0 Å². The highest BCUT2D eigenvalue weighted by Crippen LogP contribution is 2.20. The maximum absolute atomic E-state index is 12.0. The van der Waals surface area contributed by atoms with Gasteiger partial charge >= 0.3 is 11.9 Å². The highest BCUT2D eigenvalue weighted by molar-refractivity contribution is 5.91. The third-order valence-corrected chi connectivity index (χ3v) is 3.51. The van der Waals surface area contributed by atoms with Gasteiger partial charge in [-0.3, -0.25) is 9.59 Å². The Balaban J connectivity index is 2.01. The van der Waals surface area contributed by atoms with E-state index in [1.54, 1.807) is 13.8 Å². The average Bonchev–Trinajstić information content (AvgIpc) is 2.55. The number of rotatable bonds is 4. The van der Waals surface area contributed by atoms with Crippen molar-refractivity contribution in [3.8, 4) is 0 Å². The lowest BCUT2D eigenvalue weighted by molar-refractivity contribution is -0.161. The molecular formula is C18H18O3. The minimum atomic E-state index is -0.519. The number of carbonyl (C=O) groups is 2. The van der Waals surface area contributed by atoms with E-state index in [1.807, 2.05) is 60.7 Å². The molecule has 2 atom stereocenters. The van der Waals surface area contributed by atoms with Gasteiger partial charge in [-0.15, -0.1) is 0 Å². The van der Waals surface area contributed by atoms with Crippen LogP contribution in [0.15, 0.2) is 60.7 Å². The Morgan fingerprint density at radius 2 is 1.05 bits per heavy atom. The summed E-state index contributed by atoms with van der Waals surface area (Å²) in [7, 11) is 0. The summed E-state index contributed by atoms with van der Waals surface area (Å²) in [4.78, 5) is 24.1. The third-order valence-electron chi connectivity index (χ3n) is 3.51. The summed E-state index contributed by atoms with van der Waals surface area (Å²) in [5.41, 5.74) is 1.67. The van der Waals surface area contributed by atoms with Crippen LogP contribution in [-0.4, -0.2) is 11.9 Å². The third kappa shape index (κ3) is 3.78. The monoisotopic (exact) mass is 282 g/mol. The molecule has 21 heavy (non-hydrogen) atoms. The Labute approximate surface area is 124 Å². The molecule has 0 fully saturated rings. The second-order valence-electron chi connectivity index (χ2n) is 5.00. The second-order valence-corrected chi connectivity index (χ2v) is 5.00. The van der Waals surface area contributed by atoms with Gasteiger partial charge in [0.2, 0.25) is 0 Å². The molecule has 0 heterocycles. The molecule has 0 radical (unpaired) electrons. The zero-order chi connectivity index (χ0) is 15.2. The minimum Gasteiger partial charge on any atom is -0.392 e. The summed E-state index contributed by atoms with van der Waals surface area (Å²) >= 11 is 0. The number of hydrogen-bond donors (Lipinski definition) is 0. The lowest BCUT2D eigenvalue weighted by Gasteiger charge is -2.14. The predicted octanol–water partition coefficient (Wildman–Crippen LogP) is 3.66. The lowest BCUT2D eigenvalue weighted by atomic mass is 10.0. The molecule has 1 unspecified atom stereocenters. The normalized spacial score (nSPS) is 13.2. The fourth-order valence-electron chi connectivity index (χ4n) is 2.03. The molecule has 0 saturated heterocycles. The number of hydrogen-bond acceptors (Lipinski definition) is 3. The smallest absolute Gasteiger partial charge is 0.320 e. The molecular weight excluding hydrogens is 264 g/mol. The first-order chi connectivity index (χ1) is 10.1. The van der Waals surface area contributed by atoms with Crippen molar-refractivity contribution in [3.05, 3.63) is 71.8 Å². The molecule has 3 heteroatoms. The minimum absolute atomic E-state index is 0.460. The molecule has 0 N–H and O–H groups in total. The maximum Gasteiger partial charge on any atom is 0.320 e. The highest BCUT2D eigenvalue weighted by Gasteiger charge is 2.24. The molecule has 2 rings (SSSR count). The van der Waals surface area contributed by atoms with E-state index in [1.165, 1.54) is 0 Å². The number of esters is 2. The van der Waals surface area contributed by atoms with Gasteiger partial charge in [-0.25, -0.2) is 0 Å². The molecule has 3 nitrogen and oxygen atoms in total. The SMILES string of the molecule is CC(C(=O)OC(=O)[C@@H](C)c1ccccc1)c1ccccc1. The Morgan fingerprint density at radius 3 is 1.38 bits per heavy atom. The summed E-state index contributed by atoms with van der Waals surface area (Å²) in [6.07, 6.45) is 0. The van der Waals surface area contributed by atoms with E-state index < -0.39 is 23.8 Å². The number of carbonyl (C=O) groups excluding carboxylic acids is 2. The van der Waals surface area contributed by atoms with Gasteiger partial charge in [0, 0.05) is 0 Å². The summed E-state index contributed by atoms with van der Waals surface area (Å²) in [5, 5.41) is 0. The van der Waals surface area contributed by atoms with Crippen LogP contribution in [0.5, 0.6) is 0 Å². The molecule has 2 aromatic rings. The quantitative estimate of drug-likeness (QED) is 0.635. The Kier molecular flexibility index (Phi) is 4.88. The summed E-state index contributed by atoms with van der Waals surface area (Å²) in [5.74, 6) is -1.96. The number of ether oxygens (including phenoxy) is 1. The molecule has 0 bridgehead atoms. The Hall–Kier alpha value is -2.42. The van der Waals surface area contributed by atoms with E-state index in [9.17, 15) is 9.59 Å². The van der Waals surface area contributed by atoms with Crippen molar-refractivity contribution in [1.82, 2.24) is 0 Å². The van der Waals surface area contributed by atoms with Gasteiger partial charge in [0.05, 0.1) is 11.8 Å². The average molecular weight is 282 g/mol. The van der Waals surface area contributed by atoms with E-state index in [0.717, 1.165) is 11.1 Å². The van der Waals surface area contributed by atoms with Crippen molar-refractivity contribution < 1.29 is 14.3 Å². The predicted molar refractivity (Wildman–Crippen MR) is 80.8 cm³/mol. The molecule has 0 aromatic heterocycles. The van der Waals surface area contributed by atoms with Gasteiger partial charge in [-0.05, 0) is 25.0 Å². The summed E-state index contributed by atoms with van der Waals surface area (Å²) in [6, 6.07) is 18.6. The van der Waals surface area contributed by atoms with Crippen LogP contribution in [-0.2, 0) is 14.3 Å². The van der Waals surface area contributed by atoms with Crippen LogP contribution >= 0.6 is 0 Å². The molecule has 0 aliphatic heterocycles. The molecule has 0 saturated carbocycles. The van der Waals surface area contributed by atoms with Gasteiger partial charge in [0.15, 0.2) is 0 Å². The highest BCUT2D eigenvalue weighted by atomic mass is 16.6. The van der Waals surface area contributed by atoms with Crippen LogP contribution < -0.4 is 0 Å². The Morgan fingerprint density at radius 1 is 0.714 bits per heavy atom. The van der Waals surface area contributed by atoms with Crippen LogP contribution in [0.25, 0.3) is 0 Å². The van der Waals surface area contributed by atoms with E-state index in [4.69, 9.17) is 4.74 Å². The van der Waals surface area contributed by atoms with Crippen molar-refractivity contribution in [1.29, 1.82) is 0 Å². The van der Waals surface area contributed by atoms with Gasteiger partial charge in [-0.1, -0.05) is 60.7 Å². The number of benzene rings is 2. The molecule has 2 aromatic carbocycles. The standard InChI is InChI=1S/C18H18O3/c1-13(15-9-5-3-6-10-15)17(19)21-18(20)14(2)16-11-7-4-8-12-16/h3-14H,1-2H3/t13-,14?/m0/s1. The van der Waals surface area contributed by atoms with Gasteiger partial charge in [-0.2, -0.15) is 0 Å². The van der Waals surface area contributed by atoms with E-state index in [-0.39, 0.29) is 0 Å². The zero-order valence-corrected chi connectivity index (χ0v) is 12.2. The zero-order valence-electron chi connectivity index (χ0n) is 12.2. The van der Waals surface area contributed by atoms with Gasteiger partial charge in [0.1, 0.15) is 0 Å². The molecule has 0 aliphatic carbocycles. The van der Waals surface area contributed by atoms with Crippen LogP contribution in [0.2, 0.25) is 0 Å². The maximum atomic E-state index is 12.0. The van der Waals surface area contributed by atoms with Crippen LogP contribution in [0.4, 0.5) is 0 Å². The van der Waals surface area contributed by atoms with Crippen LogP contribution in [0.3, 0.4) is 0 Å². The van der Waals surface area contributed by atoms with Crippen molar-refractivity contribution >= 4 is 11.9 Å². The van der Waals surface area contributed by atoms with Crippen molar-refractivity contribution in [3.63, 3.8) is 0 Å². The fraction of sp³-hybridized carbons (Fsp3) is 0.222. The van der Waals surface area contributed by atoms with E-state index in [0.29, 0.717) is 0 Å². The lowest BCUT2D eigenvalue weighted by Crippen LogP contribution is -2.21. The van der Waals surface area contributed by atoms with Crippen LogP contribution in [0, 0.1) is 0 Å². The second kappa shape index (κ2) is 6.84. The first-order valence-electron chi connectivity index (χ1n) is 6.95. The largest absolute Gasteiger partial charge is 0.392 e. The first kappa shape index (κ1) is 15.0. The van der Waals surface area contributed by atoms with Gasteiger partial charge in [0.25, 0.3) is 0 Å². The van der Waals surface area contributed by atoms with E-state index >= 15 is 0 Å². The van der Waals surface area contributed by atoms with Gasteiger partial charge < -0.3 is 4.74 Å². The first-order valence-corrected chi connectivity index (χ1v) is 6.95. The van der Waals surface area contributed by atoms with Crippen molar-refractivity contribution in [2.45, 2.75) is 25.7 Å². The summed E-state index contributed by atoms with van der Waals surface area (Å²) < 4.78 is 5.00. The Bertz CT molecular complexity index is 549. The molecule has 108 valence electrons. The molecule has 0 aliphatic rings. The topological polar surface area (TPSA) is 43.4 Å². The fourth-order valence-corrected chi connectivity index (χ4v) is 2.03. The molecule has 0 spiro atoms. The van der Waals surface area contributed by atoms with Crippen LogP contribution in [0.1, 0.15) is 36.8 Å². The summed E-state index contributed by atoms with van der Waals surface area (Å²) in [6.45, 7) is 3.47. The van der Waals surface area contributed by atoms with Crippen molar-refractivity contribution in [2.75, 3.05) is 0 Å².